The van der Waals surface area contributed by atoms with Gasteiger partial charge in [0.2, 0.25) is 0 Å². The Kier molecular flexibility index (Phi) is 6.78. The van der Waals surface area contributed by atoms with Crippen molar-refractivity contribution in [2.24, 2.45) is 0 Å². The quantitative estimate of drug-likeness (QED) is 0.518. The molecule has 0 saturated heterocycles. The summed E-state index contributed by atoms with van der Waals surface area (Å²) >= 11 is 0. The predicted molar refractivity (Wildman–Crippen MR) is 114 cm³/mol. The lowest BCUT2D eigenvalue weighted by Gasteiger charge is -2.16. The van der Waals surface area contributed by atoms with Gasteiger partial charge in [-0.05, 0) is 48.9 Å². The molecule has 31 heavy (non-hydrogen) atoms. The molecule has 1 unspecified atom stereocenters. The summed E-state index contributed by atoms with van der Waals surface area (Å²) in [5.41, 5.74) is 1.46. The number of rotatable bonds is 7. The van der Waals surface area contributed by atoms with Crippen molar-refractivity contribution in [2.75, 3.05) is 0 Å². The number of pyridine rings is 1. The average molecular weight is 439 g/mol. The Bertz CT molecular complexity index is 1180. The molecule has 8 nitrogen and oxygen atoms in total. The minimum absolute atomic E-state index is 0.0421. The molecule has 0 radical (unpaired) electrons. The second-order valence-corrected chi connectivity index (χ2v) is 8.45. The van der Waals surface area contributed by atoms with Gasteiger partial charge in [0.25, 0.3) is 21.8 Å². The Hall–Kier alpha value is -3.56. The SMILES string of the molecule is CC(NC(=O)c1ccccc1)c1cccc(S(=O)(=O)NC(=O)c2ccc(CO)nc2)c1. The van der Waals surface area contributed by atoms with Crippen LogP contribution in [0.4, 0.5) is 0 Å². The van der Waals surface area contributed by atoms with E-state index in [-0.39, 0.29) is 23.0 Å². The van der Waals surface area contributed by atoms with E-state index in [2.05, 4.69) is 10.3 Å². The molecule has 3 aromatic rings. The predicted octanol–water partition coefficient (Wildman–Crippen LogP) is 2.18. The lowest BCUT2D eigenvalue weighted by Crippen LogP contribution is -2.31. The summed E-state index contributed by atoms with van der Waals surface area (Å²) in [5.74, 6) is -1.12. The first kappa shape index (κ1) is 22.1. The average Bonchev–Trinajstić information content (AvgIpc) is 2.79. The van der Waals surface area contributed by atoms with E-state index in [9.17, 15) is 18.0 Å². The fourth-order valence-electron chi connectivity index (χ4n) is 2.80. The van der Waals surface area contributed by atoms with Gasteiger partial charge in [-0.15, -0.1) is 0 Å². The fraction of sp³-hybridized carbons (Fsp3) is 0.136. The number of carbonyl (C=O) groups excluding carboxylic acids is 2. The summed E-state index contributed by atoms with van der Waals surface area (Å²) in [6.45, 7) is 1.45. The summed E-state index contributed by atoms with van der Waals surface area (Å²) in [5, 5.41) is 11.8. The van der Waals surface area contributed by atoms with Crippen molar-refractivity contribution in [3.8, 4) is 0 Å². The lowest BCUT2D eigenvalue weighted by molar-refractivity contribution is 0.0938. The van der Waals surface area contributed by atoms with Gasteiger partial charge >= 0.3 is 0 Å². The molecule has 0 aliphatic carbocycles. The fourth-order valence-corrected chi connectivity index (χ4v) is 3.82. The Morgan fingerprint density at radius 2 is 1.71 bits per heavy atom. The first-order chi connectivity index (χ1) is 14.8. The first-order valence-electron chi connectivity index (χ1n) is 9.39. The van der Waals surface area contributed by atoms with Crippen LogP contribution in [0.1, 0.15) is 44.9 Å². The molecule has 1 heterocycles. The lowest BCUT2D eigenvalue weighted by atomic mass is 10.1. The third-order valence-corrected chi connectivity index (χ3v) is 5.86. The monoisotopic (exact) mass is 439 g/mol. The second kappa shape index (κ2) is 9.50. The number of amides is 2. The van der Waals surface area contributed by atoms with E-state index in [1.165, 1.54) is 36.5 Å². The van der Waals surface area contributed by atoms with Crippen molar-refractivity contribution in [2.45, 2.75) is 24.5 Å². The van der Waals surface area contributed by atoms with Crippen LogP contribution in [-0.2, 0) is 16.6 Å². The minimum atomic E-state index is -4.15. The van der Waals surface area contributed by atoms with E-state index in [4.69, 9.17) is 5.11 Å². The second-order valence-electron chi connectivity index (χ2n) is 6.76. The number of hydrogen-bond donors (Lipinski definition) is 3. The van der Waals surface area contributed by atoms with Gasteiger partial charge in [0.05, 0.1) is 28.8 Å². The highest BCUT2D eigenvalue weighted by Gasteiger charge is 2.21. The Labute approximate surface area is 180 Å². The number of nitrogens with zero attached hydrogens (tertiary/aromatic N) is 1. The molecule has 1 atom stereocenters. The number of hydrogen-bond acceptors (Lipinski definition) is 6. The standard InChI is InChI=1S/C22H21N3O5S/c1-15(24-21(27)16-6-3-2-4-7-16)17-8-5-9-20(12-17)31(29,30)25-22(28)18-10-11-19(14-26)23-13-18/h2-13,15,26H,14H2,1H3,(H,24,27)(H,25,28). The maximum atomic E-state index is 12.7. The van der Waals surface area contributed by atoms with Crippen LogP contribution < -0.4 is 10.0 Å². The Morgan fingerprint density at radius 1 is 0.968 bits per heavy atom. The van der Waals surface area contributed by atoms with Crippen molar-refractivity contribution in [1.82, 2.24) is 15.0 Å². The molecular weight excluding hydrogens is 418 g/mol. The zero-order valence-corrected chi connectivity index (χ0v) is 17.5. The van der Waals surface area contributed by atoms with Crippen LogP contribution in [0.5, 0.6) is 0 Å². The van der Waals surface area contributed by atoms with Gasteiger partial charge < -0.3 is 10.4 Å². The first-order valence-corrected chi connectivity index (χ1v) is 10.9. The number of carbonyl (C=O) groups is 2. The number of aromatic nitrogens is 1. The molecule has 160 valence electrons. The molecule has 0 spiro atoms. The van der Waals surface area contributed by atoms with Crippen LogP contribution in [0.3, 0.4) is 0 Å². The number of nitrogens with one attached hydrogen (secondary N) is 2. The molecule has 3 rings (SSSR count). The van der Waals surface area contributed by atoms with E-state index < -0.39 is 22.0 Å². The van der Waals surface area contributed by atoms with Crippen molar-refractivity contribution in [3.05, 3.63) is 95.3 Å². The van der Waals surface area contributed by atoms with Crippen LogP contribution in [0.2, 0.25) is 0 Å². The molecule has 0 saturated carbocycles. The van der Waals surface area contributed by atoms with Gasteiger partial charge in [0.15, 0.2) is 0 Å². The molecule has 0 aliphatic rings. The van der Waals surface area contributed by atoms with Crippen LogP contribution in [0, 0.1) is 0 Å². The number of aliphatic hydroxyl groups excluding tert-OH is 1. The molecule has 2 amide bonds. The highest BCUT2D eigenvalue weighted by molar-refractivity contribution is 7.90. The number of aliphatic hydroxyl groups is 1. The molecule has 0 aliphatic heterocycles. The van der Waals surface area contributed by atoms with E-state index >= 15 is 0 Å². The summed E-state index contributed by atoms with van der Waals surface area (Å²) < 4.78 is 27.4. The van der Waals surface area contributed by atoms with Crippen LogP contribution in [-0.4, -0.2) is 30.3 Å². The van der Waals surface area contributed by atoms with Crippen LogP contribution in [0.15, 0.2) is 77.8 Å². The third kappa shape index (κ3) is 5.53. The van der Waals surface area contributed by atoms with Gasteiger partial charge in [0, 0.05) is 11.8 Å². The molecule has 9 heteroatoms. The minimum Gasteiger partial charge on any atom is -0.390 e. The Morgan fingerprint density at radius 3 is 2.35 bits per heavy atom. The molecule has 1 aromatic heterocycles. The molecule has 0 bridgehead atoms. The summed E-state index contributed by atoms with van der Waals surface area (Å²) in [6.07, 6.45) is 1.19. The van der Waals surface area contributed by atoms with Gasteiger partial charge in [-0.1, -0.05) is 30.3 Å². The van der Waals surface area contributed by atoms with Gasteiger partial charge in [-0.2, -0.15) is 0 Å². The van der Waals surface area contributed by atoms with Crippen molar-refractivity contribution in [3.63, 3.8) is 0 Å². The zero-order valence-electron chi connectivity index (χ0n) is 16.6. The van der Waals surface area contributed by atoms with Gasteiger partial charge in [-0.25, -0.2) is 13.1 Å². The molecule has 0 fully saturated rings. The summed E-state index contributed by atoms with van der Waals surface area (Å²) in [4.78, 5) is 28.4. The summed E-state index contributed by atoms with van der Waals surface area (Å²) in [6, 6.07) is 17.0. The maximum Gasteiger partial charge on any atom is 0.266 e. The normalized spacial score (nSPS) is 12.1. The van der Waals surface area contributed by atoms with Crippen LogP contribution >= 0.6 is 0 Å². The third-order valence-electron chi connectivity index (χ3n) is 4.53. The number of benzene rings is 2. The van der Waals surface area contributed by atoms with Gasteiger partial charge in [-0.3, -0.25) is 14.6 Å². The van der Waals surface area contributed by atoms with E-state index in [0.717, 1.165) is 0 Å². The Balaban J connectivity index is 1.74. The van der Waals surface area contributed by atoms with Crippen molar-refractivity contribution in [1.29, 1.82) is 0 Å². The van der Waals surface area contributed by atoms with Gasteiger partial charge in [0.1, 0.15) is 0 Å². The molecular formula is C22H21N3O5S. The van der Waals surface area contributed by atoms with E-state index in [1.807, 2.05) is 4.72 Å². The largest absolute Gasteiger partial charge is 0.390 e. The highest BCUT2D eigenvalue weighted by atomic mass is 32.2. The molecule has 2 aromatic carbocycles. The zero-order chi connectivity index (χ0) is 22.4. The van der Waals surface area contributed by atoms with Crippen LogP contribution in [0.25, 0.3) is 0 Å². The topological polar surface area (TPSA) is 125 Å². The van der Waals surface area contributed by atoms with Crippen molar-refractivity contribution < 1.29 is 23.1 Å². The number of sulfonamides is 1. The van der Waals surface area contributed by atoms with Crippen molar-refractivity contribution >= 4 is 21.8 Å². The smallest absolute Gasteiger partial charge is 0.266 e. The highest BCUT2D eigenvalue weighted by Crippen LogP contribution is 2.18. The maximum absolute atomic E-state index is 12.7. The van der Waals surface area contributed by atoms with E-state index in [1.54, 1.807) is 43.3 Å². The van der Waals surface area contributed by atoms with E-state index in [0.29, 0.717) is 16.8 Å². The summed E-state index contributed by atoms with van der Waals surface area (Å²) in [7, 11) is -4.15. The molecule has 3 N–H and O–H groups in total.